The molecule has 1 aliphatic carbocycles. The highest BCUT2D eigenvalue weighted by Gasteiger charge is 2.22. The van der Waals surface area contributed by atoms with Crippen LogP contribution in [0.2, 0.25) is 5.02 Å². The predicted octanol–water partition coefficient (Wildman–Crippen LogP) is 4.51. The van der Waals surface area contributed by atoms with Gasteiger partial charge in [-0.2, -0.15) is 0 Å². The van der Waals surface area contributed by atoms with Crippen LogP contribution >= 0.6 is 11.6 Å². The van der Waals surface area contributed by atoms with Crippen molar-refractivity contribution < 1.29 is 13.2 Å². The number of hydrogen-bond donors (Lipinski definition) is 2. The van der Waals surface area contributed by atoms with E-state index in [0.717, 1.165) is 31.2 Å². The van der Waals surface area contributed by atoms with Gasteiger partial charge in [0.1, 0.15) is 4.90 Å². The second-order valence-corrected chi connectivity index (χ2v) is 8.99. The molecule has 0 aliphatic heterocycles. The van der Waals surface area contributed by atoms with Gasteiger partial charge in [0.25, 0.3) is 15.9 Å². The van der Waals surface area contributed by atoms with Gasteiger partial charge in [-0.05, 0) is 55.7 Å². The summed E-state index contributed by atoms with van der Waals surface area (Å²) in [7, 11) is -3.91. The molecule has 0 atom stereocenters. The van der Waals surface area contributed by atoms with Crippen molar-refractivity contribution in [1.29, 1.82) is 0 Å². The number of anilines is 1. The first kappa shape index (κ1) is 19.7. The minimum Gasteiger partial charge on any atom is -0.349 e. The van der Waals surface area contributed by atoms with E-state index in [0.29, 0.717) is 5.69 Å². The maximum atomic E-state index is 12.8. The van der Waals surface area contributed by atoms with E-state index in [1.807, 2.05) is 13.0 Å². The number of hydrogen-bond acceptors (Lipinski definition) is 3. The van der Waals surface area contributed by atoms with Gasteiger partial charge < -0.3 is 5.32 Å². The van der Waals surface area contributed by atoms with Crippen LogP contribution in [0.15, 0.2) is 47.4 Å². The van der Waals surface area contributed by atoms with Gasteiger partial charge in [-0.25, -0.2) is 8.42 Å². The maximum absolute atomic E-state index is 12.8. The number of benzene rings is 2. The maximum Gasteiger partial charge on any atom is 0.263 e. The Bertz CT molecular complexity index is 938. The van der Waals surface area contributed by atoms with Crippen LogP contribution in [0.5, 0.6) is 0 Å². The average molecular weight is 407 g/mol. The number of aryl methyl sites for hydroxylation is 1. The molecule has 0 heterocycles. The van der Waals surface area contributed by atoms with Crippen molar-refractivity contribution in [2.45, 2.75) is 50.0 Å². The van der Waals surface area contributed by atoms with Gasteiger partial charge in [-0.15, -0.1) is 0 Å². The molecule has 1 saturated carbocycles. The zero-order valence-corrected chi connectivity index (χ0v) is 16.7. The fourth-order valence-corrected chi connectivity index (χ4v) is 4.86. The van der Waals surface area contributed by atoms with E-state index >= 15 is 0 Å². The second-order valence-electron chi connectivity index (χ2n) is 6.93. The Hall–Kier alpha value is -2.05. The molecular formula is C20H23ClN2O3S. The van der Waals surface area contributed by atoms with Gasteiger partial charge in [-0.1, -0.05) is 43.0 Å². The quantitative estimate of drug-likeness (QED) is 0.766. The molecule has 0 spiro atoms. The lowest BCUT2D eigenvalue weighted by molar-refractivity contribution is 0.0927. The lowest BCUT2D eigenvalue weighted by atomic mass is 9.95. The first-order valence-electron chi connectivity index (χ1n) is 9.05. The third-order valence-corrected chi connectivity index (χ3v) is 6.56. The van der Waals surface area contributed by atoms with Crippen molar-refractivity contribution in [2.75, 3.05) is 4.72 Å². The van der Waals surface area contributed by atoms with Gasteiger partial charge in [-0.3, -0.25) is 9.52 Å². The van der Waals surface area contributed by atoms with E-state index in [9.17, 15) is 13.2 Å². The number of rotatable bonds is 5. The van der Waals surface area contributed by atoms with E-state index in [1.165, 1.54) is 18.6 Å². The SMILES string of the molecule is Cc1cccc(NS(=O)(=O)c2cc(C(=O)NC3CCCCC3)ccc2Cl)c1. The fraction of sp³-hybridized carbons (Fsp3) is 0.350. The Kier molecular flexibility index (Phi) is 6.07. The standard InChI is InChI=1S/C20H23ClN2O3S/c1-14-6-5-9-17(12-14)23-27(25,26)19-13-15(10-11-18(19)21)20(24)22-16-7-3-2-4-8-16/h5-6,9-13,16,23H,2-4,7-8H2,1H3,(H,22,24). The van der Waals surface area contributed by atoms with Crippen LogP contribution in [0, 0.1) is 6.92 Å². The topological polar surface area (TPSA) is 75.3 Å². The zero-order valence-electron chi connectivity index (χ0n) is 15.2. The summed E-state index contributed by atoms with van der Waals surface area (Å²) in [5.41, 5.74) is 1.67. The van der Waals surface area contributed by atoms with Crippen LogP contribution in [-0.2, 0) is 10.0 Å². The van der Waals surface area contributed by atoms with Gasteiger partial charge in [0.15, 0.2) is 0 Å². The van der Waals surface area contributed by atoms with Crippen molar-refractivity contribution in [1.82, 2.24) is 5.32 Å². The summed E-state index contributed by atoms with van der Waals surface area (Å²) in [6.45, 7) is 1.88. The molecule has 2 aromatic rings. The molecule has 2 N–H and O–H groups in total. The number of halogens is 1. The van der Waals surface area contributed by atoms with E-state index < -0.39 is 10.0 Å². The Morgan fingerprint density at radius 2 is 1.81 bits per heavy atom. The van der Waals surface area contributed by atoms with Crippen molar-refractivity contribution in [2.24, 2.45) is 0 Å². The van der Waals surface area contributed by atoms with Crippen LogP contribution < -0.4 is 10.0 Å². The lowest BCUT2D eigenvalue weighted by Gasteiger charge is -2.22. The summed E-state index contributed by atoms with van der Waals surface area (Å²) < 4.78 is 28.1. The molecule has 5 nitrogen and oxygen atoms in total. The third kappa shape index (κ3) is 5.02. The molecule has 2 aromatic carbocycles. The van der Waals surface area contributed by atoms with Crippen molar-refractivity contribution >= 4 is 33.2 Å². The highest BCUT2D eigenvalue weighted by Crippen LogP contribution is 2.26. The van der Waals surface area contributed by atoms with Crippen LogP contribution in [-0.4, -0.2) is 20.4 Å². The molecular weight excluding hydrogens is 384 g/mol. The summed E-state index contributed by atoms with van der Waals surface area (Å²) >= 11 is 6.12. The molecule has 0 unspecified atom stereocenters. The molecule has 1 aliphatic rings. The molecule has 0 aromatic heterocycles. The van der Waals surface area contributed by atoms with E-state index in [4.69, 9.17) is 11.6 Å². The van der Waals surface area contributed by atoms with Crippen LogP contribution in [0.4, 0.5) is 5.69 Å². The monoisotopic (exact) mass is 406 g/mol. The molecule has 0 bridgehead atoms. The number of nitrogens with one attached hydrogen (secondary N) is 2. The molecule has 144 valence electrons. The van der Waals surface area contributed by atoms with Gasteiger partial charge >= 0.3 is 0 Å². The van der Waals surface area contributed by atoms with Crippen molar-refractivity contribution in [3.63, 3.8) is 0 Å². The summed E-state index contributed by atoms with van der Waals surface area (Å²) in [5.74, 6) is -0.273. The van der Waals surface area contributed by atoms with Crippen molar-refractivity contribution in [3.05, 3.63) is 58.6 Å². The highest BCUT2D eigenvalue weighted by atomic mass is 35.5. The fourth-order valence-electron chi connectivity index (χ4n) is 3.28. The molecule has 1 fully saturated rings. The molecule has 0 saturated heterocycles. The van der Waals surface area contributed by atoms with Gasteiger partial charge in [0.2, 0.25) is 0 Å². The smallest absolute Gasteiger partial charge is 0.263 e. The summed E-state index contributed by atoms with van der Waals surface area (Å²) in [6.07, 6.45) is 5.32. The van der Waals surface area contributed by atoms with E-state index in [-0.39, 0.29) is 27.4 Å². The molecule has 1 amide bonds. The first-order chi connectivity index (χ1) is 12.8. The number of sulfonamides is 1. The Morgan fingerprint density at radius 3 is 2.52 bits per heavy atom. The summed E-state index contributed by atoms with van der Waals surface area (Å²) in [5, 5.41) is 3.07. The minimum atomic E-state index is -3.91. The molecule has 7 heteroatoms. The summed E-state index contributed by atoms with van der Waals surface area (Å²) in [4.78, 5) is 12.4. The third-order valence-electron chi connectivity index (χ3n) is 4.69. The largest absolute Gasteiger partial charge is 0.349 e. The lowest BCUT2D eigenvalue weighted by Crippen LogP contribution is -2.36. The molecule has 0 radical (unpaired) electrons. The number of amides is 1. The Balaban J connectivity index is 1.82. The minimum absolute atomic E-state index is 0.0735. The normalized spacial score (nSPS) is 15.3. The predicted molar refractivity (Wildman–Crippen MR) is 108 cm³/mol. The Labute approximate surface area is 165 Å². The molecule has 27 heavy (non-hydrogen) atoms. The average Bonchev–Trinajstić information content (AvgIpc) is 2.62. The summed E-state index contributed by atoms with van der Waals surface area (Å²) in [6, 6.07) is 11.5. The van der Waals surface area contributed by atoms with Gasteiger partial charge in [0.05, 0.1) is 5.02 Å². The van der Waals surface area contributed by atoms with Crippen LogP contribution in [0.3, 0.4) is 0 Å². The number of carbonyl (C=O) groups excluding carboxylic acids is 1. The van der Waals surface area contributed by atoms with E-state index in [2.05, 4.69) is 10.0 Å². The number of carbonyl (C=O) groups is 1. The van der Waals surface area contributed by atoms with Crippen LogP contribution in [0.1, 0.15) is 48.0 Å². The van der Waals surface area contributed by atoms with Crippen molar-refractivity contribution in [3.8, 4) is 0 Å². The van der Waals surface area contributed by atoms with E-state index in [1.54, 1.807) is 24.3 Å². The van der Waals surface area contributed by atoms with Gasteiger partial charge in [0, 0.05) is 17.3 Å². The van der Waals surface area contributed by atoms with Crippen LogP contribution in [0.25, 0.3) is 0 Å². The first-order valence-corrected chi connectivity index (χ1v) is 10.9. The second kappa shape index (κ2) is 8.31. The Morgan fingerprint density at radius 1 is 1.07 bits per heavy atom. The zero-order chi connectivity index (χ0) is 19.4. The molecule has 3 rings (SSSR count). The highest BCUT2D eigenvalue weighted by molar-refractivity contribution is 7.92.